The van der Waals surface area contributed by atoms with Crippen molar-refractivity contribution in [3.63, 3.8) is 0 Å². The molecule has 138 valence electrons. The van der Waals surface area contributed by atoms with Crippen LogP contribution in [0.25, 0.3) is 5.69 Å². The molecule has 0 spiro atoms. The third-order valence-corrected chi connectivity index (χ3v) is 5.18. The summed E-state index contributed by atoms with van der Waals surface area (Å²) < 4.78 is 14.9. The van der Waals surface area contributed by atoms with Gasteiger partial charge in [-0.2, -0.15) is 5.10 Å². The summed E-state index contributed by atoms with van der Waals surface area (Å²) in [5, 5.41) is 4.54. The van der Waals surface area contributed by atoms with Gasteiger partial charge in [0.05, 0.1) is 22.6 Å². The van der Waals surface area contributed by atoms with Crippen LogP contribution in [0, 0.1) is 26.6 Å². The van der Waals surface area contributed by atoms with Gasteiger partial charge < -0.3 is 4.90 Å². The Balaban J connectivity index is 1.75. The number of anilines is 1. The molecule has 0 N–H and O–H groups in total. The summed E-state index contributed by atoms with van der Waals surface area (Å²) in [6.45, 7) is 6.51. The maximum Gasteiger partial charge on any atom is 0.262 e. The van der Waals surface area contributed by atoms with E-state index in [4.69, 9.17) is 0 Å². The van der Waals surface area contributed by atoms with Gasteiger partial charge in [-0.05, 0) is 69.5 Å². The molecule has 0 radical (unpaired) electrons. The highest BCUT2D eigenvalue weighted by atomic mass is 19.1. The molecule has 0 saturated carbocycles. The van der Waals surface area contributed by atoms with Crippen LogP contribution in [-0.4, -0.2) is 22.2 Å². The summed E-state index contributed by atoms with van der Waals surface area (Å²) in [4.78, 5) is 15.3. The number of nitrogens with zero attached hydrogens (tertiary/aromatic N) is 3. The highest BCUT2D eigenvalue weighted by Crippen LogP contribution is 2.30. The standard InChI is InChI=1S/C22H22FN3O/c1-14-6-11-20-17(13-14)5-4-12-25(20)22(27)21-15(2)24-26(16(21)3)19-9-7-18(23)8-10-19/h6-11,13H,4-5,12H2,1-3H3. The van der Waals surface area contributed by atoms with Gasteiger partial charge in [-0.3, -0.25) is 4.79 Å². The van der Waals surface area contributed by atoms with Crippen molar-refractivity contribution in [2.45, 2.75) is 33.6 Å². The zero-order valence-corrected chi connectivity index (χ0v) is 15.8. The number of halogens is 1. The number of carbonyl (C=O) groups excluding carboxylic acids is 1. The van der Waals surface area contributed by atoms with Crippen molar-refractivity contribution in [2.75, 3.05) is 11.4 Å². The van der Waals surface area contributed by atoms with Crippen LogP contribution >= 0.6 is 0 Å². The second-order valence-electron chi connectivity index (χ2n) is 7.13. The molecule has 1 amide bonds. The van der Waals surface area contributed by atoms with Gasteiger partial charge in [-0.25, -0.2) is 9.07 Å². The minimum absolute atomic E-state index is 0.0248. The number of amides is 1. The molecule has 1 aliphatic heterocycles. The monoisotopic (exact) mass is 363 g/mol. The predicted octanol–water partition coefficient (Wildman–Crippen LogP) is 4.53. The fourth-order valence-electron chi connectivity index (χ4n) is 3.86. The van der Waals surface area contributed by atoms with E-state index in [1.807, 2.05) is 30.9 Å². The fraction of sp³-hybridized carbons (Fsp3) is 0.273. The number of rotatable bonds is 2. The molecule has 2 aromatic carbocycles. The van der Waals surface area contributed by atoms with Crippen LogP contribution in [0.2, 0.25) is 0 Å². The Bertz CT molecular complexity index is 1020. The van der Waals surface area contributed by atoms with Crippen LogP contribution in [0.1, 0.15) is 39.3 Å². The Morgan fingerprint density at radius 2 is 1.81 bits per heavy atom. The summed E-state index contributed by atoms with van der Waals surface area (Å²) in [6, 6.07) is 12.4. The van der Waals surface area contributed by atoms with Gasteiger partial charge in [0.2, 0.25) is 0 Å². The minimum atomic E-state index is -0.295. The first-order chi connectivity index (χ1) is 13.0. The fourth-order valence-corrected chi connectivity index (χ4v) is 3.86. The molecule has 4 rings (SSSR count). The first-order valence-corrected chi connectivity index (χ1v) is 9.19. The highest BCUT2D eigenvalue weighted by molar-refractivity contribution is 6.08. The Hall–Kier alpha value is -2.95. The first kappa shape index (κ1) is 17.5. The zero-order chi connectivity index (χ0) is 19.1. The number of fused-ring (bicyclic) bond motifs is 1. The molecule has 0 bridgehead atoms. The molecule has 0 fully saturated rings. The van der Waals surface area contributed by atoms with E-state index in [2.05, 4.69) is 18.1 Å². The van der Waals surface area contributed by atoms with Crippen LogP contribution in [-0.2, 0) is 6.42 Å². The predicted molar refractivity (Wildman–Crippen MR) is 104 cm³/mol. The Kier molecular flexibility index (Phi) is 4.30. The number of hydrogen-bond donors (Lipinski definition) is 0. The molecule has 1 aromatic heterocycles. The molecule has 3 aromatic rings. The van der Waals surface area contributed by atoms with Crippen LogP contribution in [0.3, 0.4) is 0 Å². The number of hydrogen-bond acceptors (Lipinski definition) is 2. The number of aromatic nitrogens is 2. The van der Waals surface area contributed by atoms with Crippen molar-refractivity contribution in [3.8, 4) is 5.69 Å². The van der Waals surface area contributed by atoms with Gasteiger partial charge in [-0.15, -0.1) is 0 Å². The van der Waals surface area contributed by atoms with Gasteiger partial charge in [0.1, 0.15) is 5.82 Å². The van der Waals surface area contributed by atoms with Gasteiger partial charge in [0, 0.05) is 12.2 Å². The maximum absolute atomic E-state index is 13.4. The lowest BCUT2D eigenvalue weighted by atomic mass is 9.98. The van der Waals surface area contributed by atoms with Crippen molar-refractivity contribution in [2.24, 2.45) is 0 Å². The van der Waals surface area contributed by atoms with E-state index in [0.29, 0.717) is 17.8 Å². The molecule has 0 atom stereocenters. The van der Waals surface area contributed by atoms with E-state index in [9.17, 15) is 9.18 Å². The van der Waals surface area contributed by atoms with E-state index < -0.39 is 0 Å². The molecule has 0 aliphatic carbocycles. The molecule has 2 heterocycles. The topological polar surface area (TPSA) is 38.1 Å². The molecule has 4 nitrogen and oxygen atoms in total. The average Bonchev–Trinajstić information content (AvgIpc) is 2.95. The molecule has 27 heavy (non-hydrogen) atoms. The minimum Gasteiger partial charge on any atom is -0.308 e. The van der Waals surface area contributed by atoms with Crippen molar-refractivity contribution in [1.29, 1.82) is 0 Å². The highest BCUT2D eigenvalue weighted by Gasteiger charge is 2.28. The van der Waals surface area contributed by atoms with Crippen molar-refractivity contribution < 1.29 is 9.18 Å². The molecular weight excluding hydrogens is 341 g/mol. The lowest BCUT2D eigenvalue weighted by molar-refractivity contribution is 0.0984. The lowest BCUT2D eigenvalue weighted by Gasteiger charge is -2.30. The molecule has 5 heteroatoms. The lowest BCUT2D eigenvalue weighted by Crippen LogP contribution is -2.36. The summed E-state index contributed by atoms with van der Waals surface area (Å²) in [5.74, 6) is -0.319. The van der Waals surface area contributed by atoms with E-state index in [1.54, 1.807) is 16.8 Å². The summed E-state index contributed by atoms with van der Waals surface area (Å²) >= 11 is 0. The van der Waals surface area contributed by atoms with Crippen LogP contribution in [0.4, 0.5) is 10.1 Å². The molecule has 0 saturated heterocycles. The van der Waals surface area contributed by atoms with Crippen molar-refractivity contribution in [1.82, 2.24) is 9.78 Å². The molecule has 0 unspecified atom stereocenters. The van der Waals surface area contributed by atoms with Gasteiger partial charge in [0.25, 0.3) is 5.91 Å². The third-order valence-electron chi connectivity index (χ3n) is 5.18. The number of benzene rings is 2. The van der Waals surface area contributed by atoms with Gasteiger partial charge >= 0.3 is 0 Å². The second kappa shape index (κ2) is 6.65. The van der Waals surface area contributed by atoms with Crippen LogP contribution in [0.15, 0.2) is 42.5 Å². The maximum atomic E-state index is 13.4. The quantitative estimate of drug-likeness (QED) is 0.671. The Morgan fingerprint density at radius 3 is 2.56 bits per heavy atom. The Labute approximate surface area is 158 Å². The van der Waals surface area contributed by atoms with Gasteiger partial charge in [0.15, 0.2) is 0 Å². The first-order valence-electron chi connectivity index (χ1n) is 9.19. The van der Waals surface area contributed by atoms with E-state index in [1.165, 1.54) is 23.3 Å². The van der Waals surface area contributed by atoms with E-state index in [-0.39, 0.29) is 11.7 Å². The normalized spacial score (nSPS) is 13.6. The van der Waals surface area contributed by atoms with Crippen LogP contribution in [0.5, 0.6) is 0 Å². The number of carbonyl (C=O) groups is 1. The van der Waals surface area contributed by atoms with Gasteiger partial charge in [-0.1, -0.05) is 17.7 Å². The Morgan fingerprint density at radius 1 is 1.07 bits per heavy atom. The average molecular weight is 363 g/mol. The summed E-state index contributed by atoms with van der Waals surface area (Å²) in [7, 11) is 0. The van der Waals surface area contributed by atoms with Crippen LogP contribution < -0.4 is 4.90 Å². The molecular formula is C22H22FN3O. The number of aryl methyl sites for hydroxylation is 3. The third kappa shape index (κ3) is 3.03. The smallest absolute Gasteiger partial charge is 0.262 e. The summed E-state index contributed by atoms with van der Waals surface area (Å²) in [6.07, 6.45) is 1.94. The summed E-state index contributed by atoms with van der Waals surface area (Å²) in [5.41, 5.74) is 6.23. The SMILES string of the molecule is Cc1ccc2c(c1)CCCN2C(=O)c1c(C)nn(-c2ccc(F)cc2)c1C. The van der Waals surface area contributed by atoms with E-state index >= 15 is 0 Å². The van der Waals surface area contributed by atoms with Crippen molar-refractivity contribution >= 4 is 11.6 Å². The zero-order valence-electron chi connectivity index (χ0n) is 15.8. The second-order valence-corrected chi connectivity index (χ2v) is 7.13. The largest absolute Gasteiger partial charge is 0.308 e. The van der Waals surface area contributed by atoms with E-state index in [0.717, 1.165) is 29.9 Å². The molecule has 1 aliphatic rings. The van der Waals surface area contributed by atoms with Crippen molar-refractivity contribution in [3.05, 3.63) is 76.4 Å².